The van der Waals surface area contributed by atoms with E-state index >= 15 is 0 Å². The van der Waals surface area contributed by atoms with E-state index in [0.717, 1.165) is 22.0 Å². The van der Waals surface area contributed by atoms with Gasteiger partial charge in [0.1, 0.15) is 0 Å². The van der Waals surface area contributed by atoms with Crippen LogP contribution in [-0.4, -0.2) is 4.98 Å². The third kappa shape index (κ3) is 3.50. The van der Waals surface area contributed by atoms with E-state index in [2.05, 4.69) is 31.1 Å². The fraction of sp³-hybridized carbons (Fsp3) is 0.357. The fourth-order valence-electron chi connectivity index (χ4n) is 1.53. The molecule has 0 saturated heterocycles. The lowest BCUT2D eigenvalue weighted by Crippen LogP contribution is -2.09. The molecule has 1 heterocycles. The molecule has 102 valence electrons. The number of nitrogens with one attached hydrogen (secondary N) is 1. The lowest BCUT2D eigenvalue weighted by Gasteiger charge is -2.13. The van der Waals surface area contributed by atoms with Crippen LogP contribution in [0.3, 0.4) is 0 Å². The zero-order chi connectivity index (χ0) is 14.0. The molecule has 0 amide bonds. The van der Waals surface area contributed by atoms with Crippen LogP contribution in [0.1, 0.15) is 30.7 Å². The van der Waals surface area contributed by atoms with Crippen molar-refractivity contribution in [2.75, 3.05) is 5.32 Å². The van der Waals surface area contributed by atoms with Gasteiger partial charge < -0.3 is 5.32 Å². The summed E-state index contributed by atoms with van der Waals surface area (Å²) in [4.78, 5) is 5.44. The van der Waals surface area contributed by atoms with Gasteiger partial charge in [-0.1, -0.05) is 20.8 Å². The molecule has 1 aromatic carbocycles. The summed E-state index contributed by atoms with van der Waals surface area (Å²) in [7, 11) is 0. The van der Waals surface area contributed by atoms with Crippen molar-refractivity contribution in [3.63, 3.8) is 0 Å². The normalized spacial score (nSPS) is 11.6. The van der Waals surface area contributed by atoms with Crippen molar-refractivity contribution in [3.8, 4) is 0 Å². The number of rotatable bonds is 3. The highest BCUT2D eigenvalue weighted by atomic mass is 32.1. The lowest BCUT2D eigenvalue weighted by atomic mass is 9.98. The van der Waals surface area contributed by atoms with E-state index in [1.54, 1.807) is 11.3 Å². The number of hydrogen-bond donors (Lipinski definition) is 1. The summed E-state index contributed by atoms with van der Waals surface area (Å²) >= 11 is 1.62. The van der Waals surface area contributed by atoms with Crippen LogP contribution < -0.4 is 5.32 Å². The Morgan fingerprint density at radius 3 is 2.53 bits per heavy atom. The van der Waals surface area contributed by atoms with E-state index in [9.17, 15) is 8.78 Å². The number of benzene rings is 1. The van der Waals surface area contributed by atoms with Gasteiger partial charge in [0.25, 0.3) is 0 Å². The Kier molecular flexibility index (Phi) is 3.85. The molecule has 5 heteroatoms. The van der Waals surface area contributed by atoms with Crippen LogP contribution >= 0.6 is 11.3 Å². The largest absolute Gasteiger partial charge is 0.380 e. The van der Waals surface area contributed by atoms with Crippen LogP contribution in [0.4, 0.5) is 14.5 Å². The molecule has 0 saturated carbocycles. The lowest BCUT2D eigenvalue weighted by molar-refractivity contribution is 0.509. The molecule has 2 rings (SSSR count). The Hall–Kier alpha value is -1.49. The molecule has 19 heavy (non-hydrogen) atoms. The van der Waals surface area contributed by atoms with Gasteiger partial charge in [0.05, 0.1) is 11.6 Å². The van der Waals surface area contributed by atoms with Gasteiger partial charge in [0, 0.05) is 28.2 Å². The van der Waals surface area contributed by atoms with Crippen molar-refractivity contribution < 1.29 is 8.78 Å². The minimum Gasteiger partial charge on any atom is -0.380 e. The van der Waals surface area contributed by atoms with E-state index in [4.69, 9.17) is 0 Å². The van der Waals surface area contributed by atoms with Crippen LogP contribution in [-0.2, 0) is 12.0 Å². The van der Waals surface area contributed by atoms with Crippen molar-refractivity contribution in [2.45, 2.75) is 32.7 Å². The summed E-state index contributed by atoms with van der Waals surface area (Å²) in [5.74, 6) is -1.68. The molecule has 0 aliphatic rings. The molecular weight excluding hydrogens is 266 g/mol. The summed E-state index contributed by atoms with van der Waals surface area (Å²) in [5, 5.41) is 4.12. The Morgan fingerprint density at radius 2 is 1.95 bits per heavy atom. The van der Waals surface area contributed by atoms with Crippen LogP contribution in [0.2, 0.25) is 0 Å². The van der Waals surface area contributed by atoms with E-state index in [1.165, 1.54) is 6.07 Å². The quantitative estimate of drug-likeness (QED) is 0.906. The Bertz CT molecular complexity index is 573. The summed E-state index contributed by atoms with van der Waals surface area (Å²) in [6.07, 6.45) is 1.82. The third-order valence-corrected chi connectivity index (χ3v) is 4.00. The Morgan fingerprint density at radius 1 is 1.21 bits per heavy atom. The topological polar surface area (TPSA) is 24.9 Å². The minimum absolute atomic E-state index is 0.0326. The highest BCUT2D eigenvalue weighted by molar-refractivity contribution is 7.11. The first kappa shape index (κ1) is 13.9. The monoisotopic (exact) mass is 282 g/mol. The maximum Gasteiger partial charge on any atom is 0.160 e. The Labute approximate surface area is 115 Å². The Balaban J connectivity index is 2.02. The molecule has 0 fully saturated rings. The molecule has 1 aromatic heterocycles. The molecule has 0 atom stereocenters. The first-order chi connectivity index (χ1) is 8.86. The van der Waals surface area contributed by atoms with Crippen LogP contribution in [0.5, 0.6) is 0 Å². The minimum atomic E-state index is -0.843. The smallest absolute Gasteiger partial charge is 0.160 e. The number of anilines is 1. The van der Waals surface area contributed by atoms with Gasteiger partial charge in [-0.3, -0.25) is 0 Å². The SMILES string of the molecule is CC(C)(C)c1ncc(CNc2ccc(F)c(F)c2)s1. The van der Waals surface area contributed by atoms with Crippen LogP contribution in [0.15, 0.2) is 24.4 Å². The predicted molar refractivity (Wildman–Crippen MR) is 74.5 cm³/mol. The molecule has 2 aromatic rings. The van der Waals surface area contributed by atoms with Gasteiger partial charge >= 0.3 is 0 Å². The van der Waals surface area contributed by atoms with Gasteiger partial charge in [-0.25, -0.2) is 13.8 Å². The van der Waals surface area contributed by atoms with E-state index < -0.39 is 11.6 Å². The molecule has 0 aliphatic heterocycles. The number of halogens is 2. The number of hydrogen-bond acceptors (Lipinski definition) is 3. The van der Waals surface area contributed by atoms with Gasteiger partial charge in [-0.15, -0.1) is 11.3 Å². The van der Waals surface area contributed by atoms with Crippen molar-refractivity contribution >= 4 is 17.0 Å². The van der Waals surface area contributed by atoms with Gasteiger partial charge in [0.2, 0.25) is 0 Å². The van der Waals surface area contributed by atoms with Gasteiger partial charge in [-0.2, -0.15) is 0 Å². The highest BCUT2D eigenvalue weighted by Gasteiger charge is 2.17. The van der Waals surface area contributed by atoms with E-state index in [1.807, 2.05) is 6.20 Å². The van der Waals surface area contributed by atoms with Gasteiger partial charge in [-0.05, 0) is 12.1 Å². The first-order valence-electron chi connectivity index (χ1n) is 6.00. The van der Waals surface area contributed by atoms with E-state index in [-0.39, 0.29) is 5.41 Å². The fourth-order valence-corrected chi connectivity index (χ4v) is 2.44. The predicted octanol–water partition coefficient (Wildman–Crippen LogP) is 4.33. The molecular formula is C14H16F2N2S. The molecule has 0 unspecified atom stereocenters. The second-order valence-electron chi connectivity index (χ2n) is 5.36. The maximum absolute atomic E-state index is 13.0. The molecule has 0 aliphatic carbocycles. The molecule has 1 N–H and O–H groups in total. The average Bonchev–Trinajstić information content (AvgIpc) is 2.79. The van der Waals surface area contributed by atoms with Crippen LogP contribution in [0, 0.1) is 11.6 Å². The standard InChI is InChI=1S/C14H16F2N2S/c1-14(2,3)13-18-8-10(19-13)7-17-9-4-5-11(15)12(16)6-9/h4-6,8,17H,7H2,1-3H3. The van der Waals surface area contributed by atoms with Crippen molar-refractivity contribution in [2.24, 2.45) is 0 Å². The maximum atomic E-state index is 13.0. The summed E-state index contributed by atoms with van der Waals surface area (Å²) in [6.45, 7) is 6.88. The number of aromatic nitrogens is 1. The molecule has 0 spiro atoms. The second-order valence-corrected chi connectivity index (χ2v) is 6.48. The summed E-state index contributed by atoms with van der Waals surface area (Å²) in [6, 6.07) is 3.79. The number of nitrogens with zero attached hydrogens (tertiary/aromatic N) is 1. The summed E-state index contributed by atoms with van der Waals surface area (Å²) in [5.41, 5.74) is 0.592. The second kappa shape index (κ2) is 5.25. The van der Waals surface area contributed by atoms with Crippen LogP contribution in [0.25, 0.3) is 0 Å². The number of thiazole rings is 1. The van der Waals surface area contributed by atoms with Crippen molar-refractivity contribution in [1.29, 1.82) is 0 Å². The molecule has 2 nitrogen and oxygen atoms in total. The summed E-state index contributed by atoms with van der Waals surface area (Å²) < 4.78 is 25.8. The third-order valence-electron chi connectivity index (χ3n) is 2.58. The highest BCUT2D eigenvalue weighted by Crippen LogP contribution is 2.27. The zero-order valence-electron chi connectivity index (χ0n) is 11.1. The van der Waals surface area contributed by atoms with Gasteiger partial charge in [0.15, 0.2) is 11.6 Å². The van der Waals surface area contributed by atoms with Crippen molar-refractivity contribution in [3.05, 3.63) is 45.9 Å². The molecule has 0 bridgehead atoms. The molecule has 0 radical (unpaired) electrons. The van der Waals surface area contributed by atoms with E-state index in [0.29, 0.717) is 12.2 Å². The average molecular weight is 282 g/mol. The first-order valence-corrected chi connectivity index (χ1v) is 6.82. The van der Waals surface area contributed by atoms with Crippen molar-refractivity contribution in [1.82, 2.24) is 4.98 Å². The zero-order valence-corrected chi connectivity index (χ0v) is 11.9.